The molecule has 1 heterocycles. The van der Waals surface area contributed by atoms with Crippen LogP contribution in [-0.2, 0) is 17.3 Å². The van der Waals surface area contributed by atoms with Gasteiger partial charge in [0.25, 0.3) is 0 Å². The van der Waals surface area contributed by atoms with Crippen molar-refractivity contribution in [2.45, 2.75) is 78.6 Å². The molecule has 0 aliphatic carbocycles. The summed E-state index contributed by atoms with van der Waals surface area (Å²) in [5, 5.41) is 11.0. The number of phenolic OH excluding ortho intramolecular Hbond substituents is 1. The molecule has 1 aliphatic heterocycles. The fraction of sp³-hybridized carbons (Fsp3) is 0.533. The van der Waals surface area contributed by atoms with Gasteiger partial charge in [0.15, 0.2) is 5.78 Å². The van der Waals surface area contributed by atoms with Gasteiger partial charge in [0, 0.05) is 29.2 Å². The Labute approximate surface area is 224 Å². The Balaban J connectivity index is 1.92. The Morgan fingerprint density at radius 2 is 1.64 bits per heavy atom. The van der Waals surface area contributed by atoms with Gasteiger partial charge in [-0.3, -0.25) is 4.79 Å². The van der Waals surface area contributed by atoms with Crippen LogP contribution in [0.4, 0.5) is 4.39 Å². The Morgan fingerprint density at radius 3 is 2.11 bits per heavy atom. The highest BCUT2D eigenvalue weighted by Crippen LogP contribution is 2.40. The first kappa shape index (κ1) is 28.4. The number of likely N-dealkylation sites (tertiary alicyclic amines) is 1. The predicted octanol–water partition coefficient (Wildman–Crippen LogP) is 7.61. The van der Waals surface area contributed by atoms with Crippen LogP contribution in [0.15, 0.2) is 40.4 Å². The largest absolute Gasteiger partial charge is 0.507 e. The van der Waals surface area contributed by atoms with Gasteiger partial charge in [0.05, 0.1) is 22.7 Å². The third-order valence-electron chi connectivity index (χ3n) is 7.18. The van der Waals surface area contributed by atoms with E-state index in [1.807, 2.05) is 65.8 Å². The number of halogens is 2. The average molecular weight is 560 g/mol. The van der Waals surface area contributed by atoms with Crippen molar-refractivity contribution >= 4 is 27.8 Å². The molecule has 1 fully saturated rings. The second-order valence-electron chi connectivity index (χ2n) is 12.2. The van der Waals surface area contributed by atoms with Crippen LogP contribution in [0.5, 0.6) is 5.75 Å². The van der Waals surface area contributed by atoms with E-state index in [-0.39, 0.29) is 40.6 Å². The molecule has 0 unspecified atom stereocenters. The number of rotatable bonds is 7. The molecule has 0 spiro atoms. The van der Waals surface area contributed by atoms with Crippen LogP contribution in [0.1, 0.15) is 88.4 Å². The molecule has 0 aromatic heterocycles. The predicted molar refractivity (Wildman–Crippen MR) is 150 cm³/mol. The van der Waals surface area contributed by atoms with E-state index in [1.54, 1.807) is 0 Å². The van der Waals surface area contributed by atoms with E-state index >= 15 is 0 Å². The van der Waals surface area contributed by atoms with E-state index in [1.165, 1.54) is 12.1 Å². The van der Waals surface area contributed by atoms with Gasteiger partial charge in [0.2, 0.25) is 0 Å². The van der Waals surface area contributed by atoms with Crippen molar-refractivity contribution in [2.75, 3.05) is 13.1 Å². The van der Waals surface area contributed by atoms with Gasteiger partial charge in [-0.1, -0.05) is 67.0 Å². The molecule has 0 radical (unpaired) electrons. The number of amidine groups is 1. The molecule has 1 aliphatic rings. The first-order chi connectivity index (χ1) is 16.8. The van der Waals surface area contributed by atoms with Gasteiger partial charge >= 0.3 is 0 Å². The minimum Gasteiger partial charge on any atom is -0.507 e. The molecule has 0 bridgehead atoms. The Morgan fingerprint density at radius 1 is 1.08 bits per heavy atom. The topological polar surface area (TPSA) is 52.9 Å². The first-order valence-electron chi connectivity index (χ1n) is 12.9. The molecule has 0 amide bonds. The number of phenols is 1. The fourth-order valence-electron chi connectivity index (χ4n) is 5.21. The van der Waals surface area contributed by atoms with E-state index < -0.39 is 0 Å². The van der Waals surface area contributed by atoms with Crippen molar-refractivity contribution in [3.8, 4) is 5.75 Å². The third kappa shape index (κ3) is 6.37. The Kier molecular flexibility index (Phi) is 8.70. The lowest BCUT2D eigenvalue weighted by Crippen LogP contribution is -2.33. The summed E-state index contributed by atoms with van der Waals surface area (Å²) >= 11 is 3.33. The van der Waals surface area contributed by atoms with Crippen molar-refractivity contribution in [2.24, 2.45) is 15.9 Å². The SMILES string of the molecule is CCC[C@H]1CN(CC(=O)c2cc(C(C)(C)C)c(O)c(C(C)(C)C)c2)C(=NBr)[C@@H]1Cc1ccc(F)cc1. The van der Waals surface area contributed by atoms with Crippen molar-refractivity contribution in [1.82, 2.24) is 4.90 Å². The van der Waals surface area contributed by atoms with Gasteiger partial charge in [-0.25, -0.2) is 4.39 Å². The highest BCUT2D eigenvalue weighted by atomic mass is 79.9. The standard InChI is InChI=1S/C30H40BrFN2O2/c1-8-9-20-17-34(28(33-31)23(20)14-19-10-12-22(32)13-11-19)18-26(35)21-15-24(29(2,3)4)27(36)25(16-21)30(5,6)7/h10-13,15-16,20,23,36H,8-9,14,17-18H2,1-7H3/t20-,23+/m0/s1. The lowest BCUT2D eigenvalue weighted by atomic mass is 9.78. The van der Waals surface area contributed by atoms with Crippen LogP contribution >= 0.6 is 16.1 Å². The minimum absolute atomic E-state index is 0.0114. The number of Topliss-reactive ketones (excluding diaryl/α,β-unsaturated/α-hetero) is 1. The number of benzene rings is 2. The van der Waals surface area contributed by atoms with Gasteiger partial charge in [-0.15, -0.1) is 0 Å². The second-order valence-corrected chi connectivity index (χ2v) is 12.5. The monoisotopic (exact) mass is 558 g/mol. The molecule has 36 heavy (non-hydrogen) atoms. The summed E-state index contributed by atoms with van der Waals surface area (Å²) in [7, 11) is 0. The lowest BCUT2D eigenvalue weighted by molar-refractivity contribution is 0.0963. The van der Waals surface area contributed by atoms with Crippen LogP contribution in [0.3, 0.4) is 0 Å². The number of carbonyl (C=O) groups is 1. The molecule has 1 N–H and O–H groups in total. The van der Waals surface area contributed by atoms with Crippen molar-refractivity contribution in [3.05, 3.63) is 64.5 Å². The Bertz CT molecular complexity index is 1080. The summed E-state index contributed by atoms with van der Waals surface area (Å²) in [6.07, 6.45) is 2.83. The van der Waals surface area contributed by atoms with Crippen molar-refractivity contribution in [3.63, 3.8) is 0 Å². The summed E-state index contributed by atoms with van der Waals surface area (Å²) in [4.78, 5) is 15.8. The second kappa shape index (κ2) is 11.0. The number of carbonyl (C=O) groups excluding carboxylic acids is 1. The smallest absolute Gasteiger partial charge is 0.182 e. The van der Waals surface area contributed by atoms with Gasteiger partial charge in [0.1, 0.15) is 17.4 Å². The van der Waals surface area contributed by atoms with E-state index in [4.69, 9.17) is 0 Å². The van der Waals surface area contributed by atoms with Crippen LogP contribution < -0.4 is 0 Å². The molecule has 2 aromatic carbocycles. The molecule has 4 nitrogen and oxygen atoms in total. The number of ketones is 1. The summed E-state index contributed by atoms with van der Waals surface area (Å²) in [6, 6.07) is 10.4. The number of aromatic hydroxyl groups is 1. The quantitative estimate of drug-likeness (QED) is 0.356. The highest BCUT2D eigenvalue weighted by molar-refractivity contribution is 9.08. The van der Waals surface area contributed by atoms with E-state index in [0.29, 0.717) is 11.5 Å². The zero-order chi connectivity index (χ0) is 26.8. The summed E-state index contributed by atoms with van der Waals surface area (Å²) in [5.74, 6) is 1.43. The number of hydrogen-bond donors (Lipinski definition) is 1. The number of hydrogen-bond acceptors (Lipinski definition) is 3. The zero-order valence-electron chi connectivity index (χ0n) is 22.7. The zero-order valence-corrected chi connectivity index (χ0v) is 24.2. The van der Waals surface area contributed by atoms with Crippen LogP contribution in [0.25, 0.3) is 0 Å². The normalized spacial score (nSPS) is 19.8. The van der Waals surface area contributed by atoms with Gasteiger partial charge < -0.3 is 10.0 Å². The Hall–Kier alpha value is -2.21. The molecule has 6 heteroatoms. The van der Waals surface area contributed by atoms with Crippen molar-refractivity contribution < 1.29 is 14.3 Å². The van der Waals surface area contributed by atoms with E-state index in [0.717, 1.165) is 48.3 Å². The number of nitrogens with zero attached hydrogens (tertiary/aromatic N) is 2. The molecule has 2 aromatic rings. The van der Waals surface area contributed by atoms with Crippen LogP contribution in [-0.4, -0.2) is 34.7 Å². The summed E-state index contributed by atoms with van der Waals surface area (Å²) in [5.41, 5.74) is 2.64. The summed E-state index contributed by atoms with van der Waals surface area (Å²) in [6.45, 7) is 15.5. The maximum atomic E-state index is 13.7. The fourth-order valence-corrected chi connectivity index (χ4v) is 5.70. The lowest BCUT2D eigenvalue weighted by Gasteiger charge is -2.28. The molecular weight excluding hydrogens is 519 g/mol. The van der Waals surface area contributed by atoms with Crippen LogP contribution in [0, 0.1) is 17.7 Å². The van der Waals surface area contributed by atoms with Gasteiger partial charge in [-0.05, 0) is 59.4 Å². The van der Waals surface area contributed by atoms with Crippen molar-refractivity contribution in [1.29, 1.82) is 0 Å². The molecular formula is C30H40BrFN2O2. The van der Waals surface area contributed by atoms with Crippen LogP contribution in [0.2, 0.25) is 0 Å². The average Bonchev–Trinajstić information content (AvgIpc) is 3.09. The molecule has 3 rings (SSSR count). The maximum Gasteiger partial charge on any atom is 0.182 e. The first-order valence-corrected chi connectivity index (χ1v) is 13.6. The summed E-state index contributed by atoms with van der Waals surface area (Å²) < 4.78 is 17.9. The maximum absolute atomic E-state index is 13.7. The van der Waals surface area contributed by atoms with E-state index in [9.17, 15) is 14.3 Å². The molecule has 2 atom stereocenters. The minimum atomic E-state index is -0.303. The highest BCUT2D eigenvalue weighted by Gasteiger charge is 2.39. The van der Waals surface area contributed by atoms with Gasteiger partial charge in [-0.2, -0.15) is 4.02 Å². The third-order valence-corrected chi connectivity index (χ3v) is 7.54. The van der Waals surface area contributed by atoms with E-state index in [2.05, 4.69) is 32.0 Å². The molecule has 1 saturated heterocycles. The molecule has 196 valence electrons. The molecule has 0 saturated carbocycles.